The number of anilines is 1. The number of benzene rings is 2. The fourth-order valence-corrected chi connectivity index (χ4v) is 2.65. The minimum atomic E-state index is -0.647. The summed E-state index contributed by atoms with van der Waals surface area (Å²) in [6, 6.07) is 16.7. The molecule has 2 rings (SSSR count). The first-order chi connectivity index (χ1) is 15.2. The second kappa shape index (κ2) is 12.3. The van der Waals surface area contributed by atoms with Gasteiger partial charge in [-0.25, -0.2) is 4.79 Å². The van der Waals surface area contributed by atoms with E-state index >= 15 is 0 Å². The van der Waals surface area contributed by atoms with Crippen LogP contribution in [0.15, 0.2) is 54.6 Å². The molecule has 2 aromatic rings. The average molecular weight is 442 g/mol. The van der Waals surface area contributed by atoms with E-state index in [0.29, 0.717) is 25.1 Å². The van der Waals surface area contributed by atoms with E-state index in [1.165, 1.54) is 0 Å². The Balaban J connectivity index is 1.68. The summed E-state index contributed by atoms with van der Waals surface area (Å²) < 4.78 is 10.7. The van der Waals surface area contributed by atoms with Gasteiger partial charge in [0, 0.05) is 18.7 Å². The zero-order valence-electron chi connectivity index (χ0n) is 18.8. The molecule has 0 bridgehead atoms. The molecular weight excluding hydrogens is 410 g/mol. The third-order valence-electron chi connectivity index (χ3n) is 4.05. The first-order valence-corrected chi connectivity index (χ1v) is 10.5. The van der Waals surface area contributed by atoms with Gasteiger partial charge in [0.15, 0.2) is 0 Å². The molecule has 0 radical (unpaired) electrons. The fraction of sp³-hybridized carbons (Fsp3) is 0.375. The molecule has 3 amide bonds. The summed E-state index contributed by atoms with van der Waals surface area (Å²) in [5.74, 6) is 0.331. The van der Waals surface area contributed by atoms with Crippen LogP contribution in [0.2, 0.25) is 0 Å². The van der Waals surface area contributed by atoms with Crippen molar-refractivity contribution in [2.75, 3.05) is 18.5 Å². The second-order valence-electron chi connectivity index (χ2n) is 8.15. The van der Waals surface area contributed by atoms with Crippen molar-refractivity contribution in [1.29, 1.82) is 0 Å². The maximum atomic E-state index is 12.2. The second-order valence-corrected chi connectivity index (χ2v) is 8.15. The number of rotatable bonds is 10. The molecule has 8 nitrogen and oxygen atoms in total. The molecule has 172 valence electrons. The largest absolute Gasteiger partial charge is 0.494 e. The Bertz CT molecular complexity index is 894. The minimum absolute atomic E-state index is 0.107. The number of carbonyl (C=O) groups excluding carboxylic acids is 3. The molecular formula is C24H31N3O5. The summed E-state index contributed by atoms with van der Waals surface area (Å²) in [6.45, 7) is 5.78. The van der Waals surface area contributed by atoms with E-state index in [0.717, 1.165) is 11.3 Å². The molecule has 0 aromatic heterocycles. The van der Waals surface area contributed by atoms with Crippen molar-refractivity contribution in [2.24, 2.45) is 0 Å². The molecule has 0 aliphatic carbocycles. The molecule has 0 aliphatic rings. The molecule has 0 spiro atoms. The van der Waals surface area contributed by atoms with Gasteiger partial charge in [0.25, 0.3) is 0 Å². The van der Waals surface area contributed by atoms with Crippen molar-refractivity contribution in [3.63, 3.8) is 0 Å². The molecule has 8 heteroatoms. The fourth-order valence-electron chi connectivity index (χ4n) is 2.65. The van der Waals surface area contributed by atoms with Crippen LogP contribution in [0.3, 0.4) is 0 Å². The van der Waals surface area contributed by atoms with Crippen LogP contribution in [0, 0.1) is 0 Å². The van der Waals surface area contributed by atoms with Gasteiger partial charge in [-0.3, -0.25) is 9.59 Å². The number of para-hydroxylation sites is 1. The smallest absolute Gasteiger partial charge is 0.408 e. The summed E-state index contributed by atoms with van der Waals surface area (Å²) in [5.41, 5.74) is 0.846. The summed E-state index contributed by atoms with van der Waals surface area (Å²) in [6.07, 6.45) is 0.289. The molecule has 0 unspecified atom stereocenters. The van der Waals surface area contributed by atoms with E-state index in [1.54, 1.807) is 39.0 Å². The molecule has 2 aromatic carbocycles. The van der Waals surface area contributed by atoms with E-state index in [2.05, 4.69) is 16.0 Å². The number of carbonyl (C=O) groups is 3. The van der Waals surface area contributed by atoms with Gasteiger partial charge in [-0.1, -0.05) is 30.3 Å². The third kappa shape index (κ3) is 10.5. The molecule has 0 saturated heterocycles. The van der Waals surface area contributed by atoms with Gasteiger partial charge in [0.2, 0.25) is 11.8 Å². The Kier molecular flexibility index (Phi) is 9.53. The Morgan fingerprint density at radius 1 is 0.906 bits per heavy atom. The monoisotopic (exact) mass is 441 g/mol. The third-order valence-corrected chi connectivity index (χ3v) is 4.05. The number of hydrogen-bond donors (Lipinski definition) is 3. The zero-order valence-corrected chi connectivity index (χ0v) is 18.8. The normalized spacial score (nSPS) is 10.7. The predicted molar refractivity (Wildman–Crippen MR) is 122 cm³/mol. The Labute approximate surface area is 188 Å². The predicted octanol–water partition coefficient (Wildman–Crippen LogP) is 3.63. The number of ether oxygens (including phenoxy) is 2. The Morgan fingerprint density at radius 3 is 2.38 bits per heavy atom. The van der Waals surface area contributed by atoms with Crippen LogP contribution >= 0.6 is 0 Å². The standard InChI is InChI=1S/C24H31N3O5/c1-24(2,3)32-23(30)26-17-22(29)25-16-18-9-7-10-19(15-18)27-21(28)13-8-14-31-20-11-5-4-6-12-20/h4-7,9-12,15H,8,13-14,16-17H2,1-3H3,(H,25,29)(H,26,30)(H,27,28). The molecule has 0 saturated carbocycles. The SMILES string of the molecule is CC(C)(C)OC(=O)NCC(=O)NCc1cccc(NC(=O)CCCOc2ccccc2)c1. The highest BCUT2D eigenvalue weighted by atomic mass is 16.6. The van der Waals surface area contributed by atoms with Gasteiger partial charge >= 0.3 is 6.09 Å². The highest BCUT2D eigenvalue weighted by Gasteiger charge is 2.16. The highest BCUT2D eigenvalue weighted by molar-refractivity contribution is 5.90. The van der Waals surface area contributed by atoms with Crippen LogP contribution in [-0.4, -0.2) is 36.7 Å². The first kappa shape index (κ1) is 24.7. The van der Waals surface area contributed by atoms with Crippen molar-refractivity contribution in [2.45, 2.75) is 45.8 Å². The van der Waals surface area contributed by atoms with Gasteiger partial charge in [0.1, 0.15) is 17.9 Å². The van der Waals surface area contributed by atoms with Gasteiger partial charge in [-0.15, -0.1) is 0 Å². The number of amides is 3. The number of alkyl carbamates (subject to hydrolysis) is 1. The highest BCUT2D eigenvalue weighted by Crippen LogP contribution is 2.12. The van der Waals surface area contributed by atoms with Crippen molar-refractivity contribution in [3.05, 3.63) is 60.2 Å². The molecule has 0 heterocycles. The molecule has 32 heavy (non-hydrogen) atoms. The first-order valence-electron chi connectivity index (χ1n) is 10.5. The lowest BCUT2D eigenvalue weighted by molar-refractivity contribution is -0.120. The minimum Gasteiger partial charge on any atom is -0.494 e. The Hall–Kier alpha value is -3.55. The van der Waals surface area contributed by atoms with E-state index in [4.69, 9.17) is 9.47 Å². The summed E-state index contributed by atoms with van der Waals surface area (Å²) in [5, 5.41) is 7.97. The number of nitrogens with one attached hydrogen (secondary N) is 3. The summed E-state index contributed by atoms with van der Waals surface area (Å²) in [4.78, 5) is 35.7. The quantitative estimate of drug-likeness (QED) is 0.488. The molecule has 0 atom stereocenters. The lowest BCUT2D eigenvalue weighted by Crippen LogP contribution is -2.39. The van der Waals surface area contributed by atoms with E-state index in [-0.39, 0.29) is 24.9 Å². The van der Waals surface area contributed by atoms with Crippen LogP contribution in [-0.2, 0) is 20.9 Å². The number of hydrogen-bond acceptors (Lipinski definition) is 5. The van der Waals surface area contributed by atoms with Crippen LogP contribution in [0.1, 0.15) is 39.2 Å². The van der Waals surface area contributed by atoms with Crippen molar-refractivity contribution in [3.8, 4) is 5.75 Å². The summed E-state index contributed by atoms with van der Waals surface area (Å²) >= 11 is 0. The lowest BCUT2D eigenvalue weighted by atomic mass is 10.2. The van der Waals surface area contributed by atoms with Gasteiger partial charge in [-0.05, 0) is 57.0 Å². The van der Waals surface area contributed by atoms with Crippen molar-refractivity contribution in [1.82, 2.24) is 10.6 Å². The molecule has 0 aliphatic heterocycles. The lowest BCUT2D eigenvalue weighted by Gasteiger charge is -2.19. The van der Waals surface area contributed by atoms with Crippen LogP contribution in [0.25, 0.3) is 0 Å². The van der Waals surface area contributed by atoms with Gasteiger partial charge in [-0.2, -0.15) is 0 Å². The van der Waals surface area contributed by atoms with E-state index in [1.807, 2.05) is 36.4 Å². The van der Waals surface area contributed by atoms with E-state index < -0.39 is 11.7 Å². The average Bonchev–Trinajstić information content (AvgIpc) is 2.74. The van der Waals surface area contributed by atoms with Crippen LogP contribution < -0.4 is 20.7 Å². The molecule has 0 fully saturated rings. The zero-order chi connectivity index (χ0) is 23.4. The van der Waals surface area contributed by atoms with Crippen molar-refractivity contribution >= 4 is 23.6 Å². The maximum absolute atomic E-state index is 12.2. The molecule has 3 N–H and O–H groups in total. The van der Waals surface area contributed by atoms with Gasteiger partial charge in [0.05, 0.1) is 6.61 Å². The van der Waals surface area contributed by atoms with E-state index in [9.17, 15) is 14.4 Å². The van der Waals surface area contributed by atoms with Crippen molar-refractivity contribution < 1.29 is 23.9 Å². The maximum Gasteiger partial charge on any atom is 0.408 e. The Morgan fingerprint density at radius 2 is 1.66 bits per heavy atom. The van der Waals surface area contributed by atoms with Crippen LogP contribution in [0.4, 0.5) is 10.5 Å². The summed E-state index contributed by atoms with van der Waals surface area (Å²) in [7, 11) is 0. The topological polar surface area (TPSA) is 106 Å². The van der Waals surface area contributed by atoms with Gasteiger partial charge < -0.3 is 25.4 Å². The van der Waals surface area contributed by atoms with Crippen LogP contribution in [0.5, 0.6) is 5.75 Å².